The molecular weight excluding hydrogens is 474 g/mol. The van der Waals surface area contributed by atoms with E-state index in [0.29, 0.717) is 0 Å². The van der Waals surface area contributed by atoms with Crippen LogP contribution in [0.2, 0.25) is 10.0 Å². The van der Waals surface area contributed by atoms with Crippen LogP contribution in [-0.2, 0) is 16.4 Å². The summed E-state index contributed by atoms with van der Waals surface area (Å²) in [5.41, 5.74) is -0.0285. The van der Waals surface area contributed by atoms with Crippen LogP contribution in [-0.4, -0.2) is 20.2 Å². The molecule has 0 heterocycles. The van der Waals surface area contributed by atoms with Crippen molar-refractivity contribution in [3.05, 3.63) is 51.8 Å². The van der Waals surface area contributed by atoms with Crippen LogP contribution in [0.5, 0.6) is 11.5 Å². The SMILES string of the molecule is CCCC(CCC)NCc1c(S(=O)(=O)C(F)F)ccc(Oc2cc(F)cc(Cl)c2)c1Cl. The molecule has 2 aromatic carbocycles. The van der Waals surface area contributed by atoms with Crippen molar-refractivity contribution in [3.8, 4) is 11.5 Å². The minimum Gasteiger partial charge on any atom is -0.456 e. The van der Waals surface area contributed by atoms with Gasteiger partial charge in [-0.2, -0.15) is 8.78 Å². The first-order chi connectivity index (χ1) is 14.6. The Bertz CT molecular complexity index is 977. The van der Waals surface area contributed by atoms with Gasteiger partial charge in [-0.25, -0.2) is 12.8 Å². The highest BCUT2D eigenvalue weighted by Crippen LogP contribution is 2.38. The fourth-order valence-electron chi connectivity index (χ4n) is 3.19. The lowest BCUT2D eigenvalue weighted by Crippen LogP contribution is -2.29. The summed E-state index contributed by atoms with van der Waals surface area (Å²) in [7, 11) is -4.90. The van der Waals surface area contributed by atoms with Crippen LogP contribution in [0.4, 0.5) is 13.2 Å². The molecule has 0 bridgehead atoms. The zero-order chi connectivity index (χ0) is 23.2. The molecule has 0 aromatic heterocycles. The molecule has 4 nitrogen and oxygen atoms in total. The van der Waals surface area contributed by atoms with Gasteiger partial charge in [0.1, 0.15) is 17.3 Å². The lowest BCUT2D eigenvalue weighted by molar-refractivity contribution is 0.234. The summed E-state index contributed by atoms with van der Waals surface area (Å²) < 4.78 is 70.1. The largest absolute Gasteiger partial charge is 0.456 e. The Morgan fingerprint density at radius 3 is 2.26 bits per heavy atom. The van der Waals surface area contributed by atoms with Crippen molar-refractivity contribution >= 4 is 33.0 Å². The maximum atomic E-state index is 13.6. The van der Waals surface area contributed by atoms with Gasteiger partial charge in [-0.05, 0) is 37.1 Å². The number of benzene rings is 2. The highest BCUT2D eigenvalue weighted by molar-refractivity contribution is 7.91. The molecule has 0 radical (unpaired) electrons. The third kappa shape index (κ3) is 6.75. The quantitative estimate of drug-likeness (QED) is 0.363. The summed E-state index contributed by atoms with van der Waals surface area (Å²) in [6.45, 7) is 3.98. The third-order valence-corrected chi connectivity index (χ3v) is 6.71. The van der Waals surface area contributed by atoms with Crippen molar-refractivity contribution in [2.45, 2.75) is 62.8 Å². The fourth-order valence-corrected chi connectivity index (χ4v) is 4.70. The fraction of sp³-hybridized carbons (Fsp3) is 0.429. The van der Waals surface area contributed by atoms with Crippen molar-refractivity contribution < 1.29 is 26.3 Å². The molecule has 10 heteroatoms. The summed E-state index contributed by atoms with van der Waals surface area (Å²) in [5, 5.41) is 3.15. The van der Waals surface area contributed by atoms with Gasteiger partial charge in [0.2, 0.25) is 9.84 Å². The molecule has 1 N–H and O–H groups in total. The van der Waals surface area contributed by atoms with Crippen molar-refractivity contribution in [2.24, 2.45) is 0 Å². The Hall–Kier alpha value is -1.48. The molecule has 0 atom stereocenters. The van der Waals surface area contributed by atoms with Crippen molar-refractivity contribution in [1.29, 1.82) is 0 Å². The Balaban J connectivity index is 2.47. The second kappa shape index (κ2) is 11.4. The molecule has 0 saturated carbocycles. The van der Waals surface area contributed by atoms with E-state index in [2.05, 4.69) is 5.32 Å². The van der Waals surface area contributed by atoms with Crippen molar-refractivity contribution in [2.75, 3.05) is 0 Å². The number of rotatable bonds is 11. The topological polar surface area (TPSA) is 55.4 Å². The zero-order valence-electron chi connectivity index (χ0n) is 17.1. The van der Waals surface area contributed by atoms with Crippen LogP contribution < -0.4 is 10.1 Å². The Kier molecular flexibility index (Phi) is 9.48. The Labute approximate surface area is 190 Å². The van der Waals surface area contributed by atoms with E-state index in [1.54, 1.807) is 0 Å². The van der Waals surface area contributed by atoms with E-state index in [4.69, 9.17) is 27.9 Å². The average molecular weight is 498 g/mol. The summed E-state index contributed by atoms with van der Waals surface area (Å²) >= 11 is 12.2. The molecule has 0 aliphatic rings. The second-order valence-electron chi connectivity index (χ2n) is 7.02. The Morgan fingerprint density at radius 1 is 1.06 bits per heavy atom. The first kappa shape index (κ1) is 25.8. The van der Waals surface area contributed by atoms with Crippen molar-refractivity contribution in [3.63, 3.8) is 0 Å². The number of hydrogen-bond donors (Lipinski definition) is 1. The van der Waals surface area contributed by atoms with Gasteiger partial charge in [-0.1, -0.05) is 49.9 Å². The first-order valence-corrected chi connectivity index (χ1v) is 12.1. The molecule has 172 valence electrons. The molecule has 0 amide bonds. The van der Waals surface area contributed by atoms with Crippen LogP contribution in [0.15, 0.2) is 35.2 Å². The molecule has 0 spiro atoms. The van der Waals surface area contributed by atoms with E-state index in [-0.39, 0.29) is 39.7 Å². The molecule has 0 fully saturated rings. The molecule has 2 aromatic rings. The first-order valence-electron chi connectivity index (χ1n) is 9.80. The summed E-state index contributed by atoms with van der Waals surface area (Å²) in [5.74, 6) is -4.21. The molecule has 2 rings (SSSR count). The minimum absolute atomic E-state index is 0.00381. The van der Waals surface area contributed by atoms with Crippen LogP contribution in [0.3, 0.4) is 0 Å². The zero-order valence-corrected chi connectivity index (χ0v) is 19.4. The van der Waals surface area contributed by atoms with Crippen LogP contribution in [0.1, 0.15) is 45.1 Å². The van der Waals surface area contributed by atoms with Gasteiger partial charge < -0.3 is 10.1 Å². The second-order valence-corrected chi connectivity index (χ2v) is 9.72. The van der Waals surface area contributed by atoms with Gasteiger partial charge in [0.05, 0.1) is 9.92 Å². The predicted octanol–water partition coefficient (Wildman–Crippen LogP) is 6.98. The smallest absolute Gasteiger partial charge is 0.341 e. The van der Waals surface area contributed by atoms with Crippen molar-refractivity contribution in [1.82, 2.24) is 5.32 Å². The molecular formula is C21H24Cl2F3NO3S. The normalized spacial score (nSPS) is 12.0. The van der Waals surface area contributed by atoms with E-state index < -0.39 is 26.3 Å². The van der Waals surface area contributed by atoms with Gasteiger partial charge in [0.15, 0.2) is 0 Å². The number of nitrogens with one attached hydrogen (secondary N) is 1. The van der Waals surface area contributed by atoms with E-state index in [0.717, 1.165) is 49.9 Å². The van der Waals surface area contributed by atoms with Crippen LogP contribution in [0, 0.1) is 5.82 Å². The maximum absolute atomic E-state index is 13.6. The molecule has 0 aliphatic heterocycles. The van der Waals surface area contributed by atoms with Gasteiger partial charge in [-0.3, -0.25) is 0 Å². The number of ether oxygens (including phenoxy) is 1. The summed E-state index contributed by atoms with van der Waals surface area (Å²) in [4.78, 5) is -0.573. The average Bonchev–Trinajstić information content (AvgIpc) is 2.67. The van der Waals surface area contributed by atoms with Crippen LogP contribution in [0.25, 0.3) is 0 Å². The third-order valence-electron chi connectivity index (χ3n) is 4.61. The standard InChI is InChI=1S/C21H24Cl2F3NO3S/c1-3-5-15(6-4-2)27-12-17-19(31(28,29)21(25)26)8-7-18(20(17)23)30-16-10-13(22)9-14(24)11-16/h7-11,15,21,27H,3-6,12H2,1-2H3. The Morgan fingerprint density at radius 2 is 1.71 bits per heavy atom. The van der Waals surface area contributed by atoms with Crippen LogP contribution >= 0.6 is 23.2 Å². The number of halogens is 5. The maximum Gasteiger partial charge on any atom is 0.341 e. The van der Waals surface area contributed by atoms with E-state index in [9.17, 15) is 21.6 Å². The van der Waals surface area contributed by atoms with Gasteiger partial charge in [0, 0.05) is 29.2 Å². The predicted molar refractivity (Wildman–Crippen MR) is 117 cm³/mol. The van der Waals surface area contributed by atoms with Gasteiger partial charge >= 0.3 is 5.76 Å². The highest BCUT2D eigenvalue weighted by Gasteiger charge is 2.31. The van der Waals surface area contributed by atoms with Gasteiger partial charge in [-0.15, -0.1) is 0 Å². The summed E-state index contributed by atoms with van der Waals surface area (Å²) in [6.07, 6.45) is 3.47. The monoisotopic (exact) mass is 497 g/mol. The summed E-state index contributed by atoms with van der Waals surface area (Å²) in [6, 6.07) is 5.76. The molecule has 0 saturated heterocycles. The molecule has 0 aliphatic carbocycles. The van der Waals surface area contributed by atoms with E-state index >= 15 is 0 Å². The van der Waals surface area contributed by atoms with E-state index in [1.165, 1.54) is 6.07 Å². The lowest BCUT2D eigenvalue weighted by atomic mass is 10.1. The number of alkyl halides is 2. The highest BCUT2D eigenvalue weighted by atomic mass is 35.5. The number of sulfone groups is 1. The molecule has 31 heavy (non-hydrogen) atoms. The minimum atomic E-state index is -4.90. The molecule has 0 unspecified atom stereocenters. The number of hydrogen-bond acceptors (Lipinski definition) is 4. The van der Waals surface area contributed by atoms with E-state index in [1.807, 2.05) is 13.8 Å². The lowest BCUT2D eigenvalue weighted by Gasteiger charge is -2.20. The van der Waals surface area contributed by atoms with Gasteiger partial charge in [0.25, 0.3) is 0 Å².